The Bertz CT molecular complexity index is 719. The van der Waals surface area contributed by atoms with Gasteiger partial charge in [-0.25, -0.2) is 9.67 Å². The highest BCUT2D eigenvalue weighted by Crippen LogP contribution is 2.28. The fraction of sp³-hybridized carbons (Fsp3) is 0.400. The number of nitrogens with zero attached hydrogens (tertiary/aromatic N) is 4. The van der Waals surface area contributed by atoms with Crippen molar-refractivity contribution in [2.24, 2.45) is 0 Å². The van der Waals surface area contributed by atoms with Gasteiger partial charge in [0.1, 0.15) is 11.5 Å². The van der Waals surface area contributed by atoms with Crippen LogP contribution in [-0.4, -0.2) is 51.8 Å². The predicted molar refractivity (Wildman–Crippen MR) is 89.5 cm³/mol. The molecule has 2 heterocycles. The van der Waals surface area contributed by atoms with Crippen LogP contribution in [0.2, 0.25) is 10.0 Å². The summed E-state index contributed by atoms with van der Waals surface area (Å²) in [6.07, 6.45) is 0.929. The number of likely N-dealkylation sites (N-methyl/N-ethyl adjacent to an activating group) is 1. The monoisotopic (exact) mass is 353 g/mol. The third-order valence-electron chi connectivity index (χ3n) is 4.01. The number of rotatable bonds is 3. The molecule has 1 amide bonds. The molecule has 0 saturated carbocycles. The molecule has 6 nitrogen and oxygen atoms in total. The number of amides is 1. The summed E-state index contributed by atoms with van der Waals surface area (Å²) < 4.78 is 1.51. The summed E-state index contributed by atoms with van der Waals surface area (Å²) in [6, 6.07) is 5.37. The van der Waals surface area contributed by atoms with Gasteiger partial charge in [-0.1, -0.05) is 29.3 Å². The summed E-state index contributed by atoms with van der Waals surface area (Å²) in [5.74, 6) is 0.498. The smallest absolute Gasteiger partial charge is 0.293 e. The molecule has 1 fully saturated rings. The summed E-state index contributed by atoms with van der Waals surface area (Å²) in [5, 5.41) is 8.47. The summed E-state index contributed by atoms with van der Waals surface area (Å²) in [7, 11) is 1.78. The first-order valence-corrected chi connectivity index (χ1v) is 8.10. The molecule has 1 saturated heterocycles. The summed E-state index contributed by atoms with van der Waals surface area (Å²) in [4.78, 5) is 18.6. The van der Waals surface area contributed by atoms with Crippen molar-refractivity contribution in [1.29, 1.82) is 0 Å². The van der Waals surface area contributed by atoms with Crippen LogP contribution in [0.5, 0.6) is 0 Å². The lowest BCUT2D eigenvalue weighted by Gasteiger charge is -2.22. The normalized spacial score (nSPS) is 17.5. The molecule has 122 valence electrons. The molecule has 1 aromatic carbocycles. The van der Waals surface area contributed by atoms with E-state index >= 15 is 0 Å². The third kappa shape index (κ3) is 3.06. The number of halogens is 2. The molecule has 2 aromatic rings. The molecular weight excluding hydrogens is 337 g/mol. The first kappa shape index (κ1) is 16.2. The van der Waals surface area contributed by atoms with Gasteiger partial charge in [0.05, 0.1) is 10.0 Å². The van der Waals surface area contributed by atoms with Crippen molar-refractivity contribution in [3.63, 3.8) is 0 Å². The van der Waals surface area contributed by atoms with Gasteiger partial charge in [0.15, 0.2) is 0 Å². The Morgan fingerprint density at radius 1 is 1.39 bits per heavy atom. The van der Waals surface area contributed by atoms with E-state index in [0.29, 0.717) is 21.6 Å². The van der Waals surface area contributed by atoms with Gasteiger partial charge >= 0.3 is 0 Å². The highest BCUT2D eigenvalue weighted by Gasteiger charge is 2.27. The molecule has 3 rings (SSSR count). The molecule has 1 aromatic heterocycles. The van der Waals surface area contributed by atoms with Gasteiger partial charge < -0.3 is 10.2 Å². The van der Waals surface area contributed by atoms with Crippen molar-refractivity contribution >= 4 is 29.1 Å². The maximum atomic E-state index is 12.6. The van der Waals surface area contributed by atoms with E-state index < -0.39 is 0 Å². The van der Waals surface area contributed by atoms with E-state index in [2.05, 4.69) is 15.4 Å². The summed E-state index contributed by atoms with van der Waals surface area (Å²) in [5.41, 5.74) is 0.532. The number of carbonyl (C=O) groups is 1. The standard InChI is InChI=1S/C15H17Cl2N5O/c1-9-19-14(15(23)21(2)10-6-7-18-8-10)20-22(9)13-11(16)4-3-5-12(13)17/h3-5,10,18H,6-8H2,1-2H3/t10-/m1/s1. The van der Waals surface area contributed by atoms with E-state index in [1.54, 1.807) is 37.1 Å². The lowest BCUT2D eigenvalue weighted by Crippen LogP contribution is -2.38. The van der Waals surface area contributed by atoms with E-state index in [-0.39, 0.29) is 17.8 Å². The molecule has 1 aliphatic rings. The second-order valence-electron chi connectivity index (χ2n) is 5.53. The summed E-state index contributed by atoms with van der Waals surface area (Å²) in [6.45, 7) is 3.47. The van der Waals surface area contributed by atoms with Gasteiger partial charge in [-0.15, -0.1) is 5.10 Å². The third-order valence-corrected chi connectivity index (χ3v) is 4.62. The van der Waals surface area contributed by atoms with Crippen LogP contribution >= 0.6 is 23.2 Å². The van der Waals surface area contributed by atoms with Crippen molar-refractivity contribution in [2.45, 2.75) is 19.4 Å². The zero-order valence-corrected chi connectivity index (χ0v) is 14.4. The maximum absolute atomic E-state index is 12.6. The topological polar surface area (TPSA) is 63.1 Å². The molecule has 1 atom stereocenters. The second-order valence-corrected chi connectivity index (χ2v) is 6.34. The first-order valence-electron chi connectivity index (χ1n) is 7.35. The van der Waals surface area contributed by atoms with Crippen LogP contribution in [-0.2, 0) is 0 Å². The van der Waals surface area contributed by atoms with Gasteiger partial charge in [0.2, 0.25) is 5.82 Å². The van der Waals surface area contributed by atoms with Crippen LogP contribution in [0.15, 0.2) is 18.2 Å². The number of para-hydroxylation sites is 1. The minimum atomic E-state index is -0.205. The van der Waals surface area contributed by atoms with Crippen molar-refractivity contribution in [1.82, 2.24) is 25.0 Å². The Hall–Kier alpha value is -1.63. The average molecular weight is 354 g/mol. The van der Waals surface area contributed by atoms with Crippen LogP contribution in [0.1, 0.15) is 22.9 Å². The molecule has 0 aliphatic carbocycles. The van der Waals surface area contributed by atoms with Gasteiger partial charge in [-0.3, -0.25) is 4.79 Å². The van der Waals surface area contributed by atoms with Crippen molar-refractivity contribution < 1.29 is 4.79 Å². The van der Waals surface area contributed by atoms with Gasteiger partial charge in [-0.2, -0.15) is 0 Å². The molecule has 0 unspecified atom stereocenters. The summed E-state index contributed by atoms with van der Waals surface area (Å²) >= 11 is 12.4. The van der Waals surface area contributed by atoms with E-state index in [1.165, 1.54) is 4.68 Å². The highest BCUT2D eigenvalue weighted by atomic mass is 35.5. The zero-order chi connectivity index (χ0) is 16.6. The van der Waals surface area contributed by atoms with Gasteiger partial charge in [0, 0.05) is 19.6 Å². The molecular formula is C15H17Cl2N5O. The first-order chi connectivity index (χ1) is 11.0. The number of aryl methyl sites for hydroxylation is 1. The van der Waals surface area contributed by atoms with Crippen LogP contribution in [0.3, 0.4) is 0 Å². The maximum Gasteiger partial charge on any atom is 0.293 e. The predicted octanol–water partition coefficient (Wildman–Crippen LogP) is 2.32. The van der Waals surface area contributed by atoms with Crippen molar-refractivity contribution in [2.75, 3.05) is 20.1 Å². The largest absolute Gasteiger partial charge is 0.335 e. The lowest BCUT2D eigenvalue weighted by atomic mass is 10.2. The molecule has 1 aliphatic heterocycles. The number of hydrogen-bond donors (Lipinski definition) is 1. The number of carbonyl (C=O) groups excluding carboxylic acids is 1. The molecule has 23 heavy (non-hydrogen) atoms. The van der Waals surface area contributed by atoms with E-state index in [9.17, 15) is 4.79 Å². The fourth-order valence-corrected chi connectivity index (χ4v) is 3.23. The van der Waals surface area contributed by atoms with Crippen LogP contribution in [0.4, 0.5) is 0 Å². The highest BCUT2D eigenvalue weighted by molar-refractivity contribution is 6.37. The molecule has 1 N–H and O–H groups in total. The fourth-order valence-electron chi connectivity index (χ4n) is 2.68. The SMILES string of the molecule is Cc1nc(C(=O)N(C)[C@@H]2CCNC2)nn1-c1c(Cl)cccc1Cl. The van der Waals surface area contributed by atoms with E-state index in [0.717, 1.165) is 19.5 Å². The number of aromatic nitrogens is 3. The van der Waals surface area contributed by atoms with E-state index in [1.807, 2.05) is 0 Å². The minimum Gasteiger partial charge on any atom is -0.335 e. The Balaban J connectivity index is 1.93. The number of benzene rings is 1. The minimum absolute atomic E-state index is 0.146. The zero-order valence-electron chi connectivity index (χ0n) is 12.9. The van der Waals surface area contributed by atoms with Crippen LogP contribution in [0.25, 0.3) is 5.69 Å². The van der Waals surface area contributed by atoms with Crippen LogP contribution in [0, 0.1) is 6.92 Å². The second kappa shape index (κ2) is 6.47. The Morgan fingerprint density at radius 3 is 2.70 bits per heavy atom. The quantitative estimate of drug-likeness (QED) is 0.919. The van der Waals surface area contributed by atoms with Crippen molar-refractivity contribution in [3.8, 4) is 5.69 Å². The molecule has 0 radical (unpaired) electrons. The lowest BCUT2D eigenvalue weighted by molar-refractivity contribution is 0.0731. The van der Waals surface area contributed by atoms with E-state index in [4.69, 9.17) is 23.2 Å². The molecule has 8 heteroatoms. The number of nitrogens with one attached hydrogen (secondary N) is 1. The van der Waals surface area contributed by atoms with Crippen LogP contribution < -0.4 is 5.32 Å². The molecule has 0 bridgehead atoms. The Labute approximate surface area is 144 Å². The number of hydrogen-bond acceptors (Lipinski definition) is 4. The Kier molecular flexibility index (Phi) is 4.57. The van der Waals surface area contributed by atoms with Gasteiger partial charge in [0.25, 0.3) is 5.91 Å². The van der Waals surface area contributed by atoms with Gasteiger partial charge in [-0.05, 0) is 32.0 Å². The Morgan fingerprint density at radius 2 is 2.09 bits per heavy atom. The van der Waals surface area contributed by atoms with Crippen molar-refractivity contribution in [3.05, 3.63) is 39.9 Å². The molecule has 0 spiro atoms. The average Bonchev–Trinajstić information content (AvgIpc) is 3.16.